The van der Waals surface area contributed by atoms with Gasteiger partial charge in [-0.1, -0.05) is 13.8 Å². The first kappa shape index (κ1) is 15.2. The average molecular weight is 288 g/mol. The smallest absolute Gasteiger partial charge is 0.269 e. The predicted molar refractivity (Wildman–Crippen MR) is 81.9 cm³/mol. The number of H-pyrrole nitrogens is 1. The van der Waals surface area contributed by atoms with Crippen molar-refractivity contribution in [1.29, 1.82) is 0 Å². The van der Waals surface area contributed by atoms with E-state index in [0.29, 0.717) is 12.5 Å². The molecule has 0 spiro atoms. The van der Waals surface area contributed by atoms with Crippen molar-refractivity contribution < 1.29 is 4.92 Å². The molecule has 0 saturated carbocycles. The minimum absolute atomic E-state index is 0.0816. The Morgan fingerprint density at radius 3 is 2.52 bits per heavy atom. The van der Waals surface area contributed by atoms with Crippen LogP contribution >= 0.6 is 0 Å². The second-order valence-corrected chi connectivity index (χ2v) is 5.55. The average Bonchev–Trinajstić information content (AvgIpc) is 2.94. The van der Waals surface area contributed by atoms with Gasteiger partial charge in [0.05, 0.1) is 16.8 Å². The molecule has 2 aromatic rings. The molecule has 0 fully saturated rings. The molecule has 6 heteroatoms. The molecule has 0 aliphatic rings. The first-order valence-electron chi connectivity index (χ1n) is 7.01. The van der Waals surface area contributed by atoms with E-state index >= 15 is 0 Å². The van der Waals surface area contributed by atoms with Crippen LogP contribution in [-0.4, -0.2) is 21.4 Å². The van der Waals surface area contributed by atoms with Gasteiger partial charge in [-0.15, -0.1) is 0 Å². The van der Waals surface area contributed by atoms with Crippen molar-refractivity contribution in [3.63, 3.8) is 0 Å². The first-order valence-corrected chi connectivity index (χ1v) is 7.01. The van der Waals surface area contributed by atoms with E-state index in [9.17, 15) is 10.1 Å². The summed E-state index contributed by atoms with van der Waals surface area (Å²) in [6.07, 6.45) is 2.73. The fourth-order valence-electron chi connectivity index (χ4n) is 2.34. The van der Waals surface area contributed by atoms with Gasteiger partial charge in [0.25, 0.3) is 5.69 Å². The Morgan fingerprint density at radius 1 is 1.33 bits per heavy atom. The number of aromatic amines is 1. The Labute approximate surface area is 123 Å². The normalized spacial score (nSPS) is 12.6. The molecule has 1 atom stereocenters. The number of aromatic nitrogens is 2. The van der Waals surface area contributed by atoms with E-state index < -0.39 is 4.92 Å². The first-order chi connectivity index (χ1) is 10.0. The van der Waals surface area contributed by atoms with Crippen LogP contribution in [0.2, 0.25) is 0 Å². The van der Waals surface area contributed by atoms with Crippen molar-refractivity contribution in [2.45, 2.75) is 26.2 Å². The Balaban J connectivity index is 2.20. The number of non-ortho nitro benzene ring substituents is 1. The molecule has 0 saturated heterocycles. The van der Waals surface area contributed by atoms with E-state index in [1.165, 1.54) is 12.1 Å². The molecule has 1 unspecified atom stereocenters. The molecule has 21 heavy (non-hydrogen) atoms. The lowest BCUT2D eigenvalue weighted by Crippen LogP contribution is -2.15. The van der Waals surface area contributed by atoms with Gasteiger partial charge in [0.1, 0.15) is 5.82 Å². The summed E-state index contributed by atoms with van der Waals surface area (Å²) >= 11 is 0. The fourth-order valence-corrected chi connectivity index (χ4v) is 2.34. The molecule has 112 valence electrons. The van der Waals surface area contributed by atoms with Gasteiger partial charge in [-0.3, -0.25) is 10.1 Å². The molecule has 0 aliphatic carbocycles. The van der Waals surface area contributed by atoms with Crippen LogP contribution in [0.25, 0.3) is 11.3 Å². The van der Waals surface area contributed by atoms with Crippen LogP contribution in [0.5, 0.6) is 0 Å². The van der Waals surface area contributed by atoms with Crippen LogP contribution in [0, 0.1) is 16.0 Å². The second kappa shape index (κ2) is 6.49. The SMILES string of the molecule is CC(C)CC(CN)c1ncc(-c2ccc([N+](=O)[O-])cc2)[nH]1. The largest absolute Gasteiger partial charge is 0.342 e. The van der Waals surface area contributed by atoms with Gasteiger partial charge < -0.3 is 10.7 Å². The van der Waals surface area contributed by atoms with Crippen LogP contribution in [0.3, 0.4) is 0 Å². The lowest BCUT2D eigenvalue weighted by Gasteiger charge is -2.14. The molecule has 0 aliphatic heterocycles. The van der Waals surface area contributed by atoms with Crippen molar-refractivity contribution in [3.8, 4) is 11.3 Å². The highest BCUT2D eigenvalue weighted by atomic mass is 16.6. The van der Waals surface area contributed by atoms with Gasteiger partial charge in [-0.05, 0) is 24.5 Å². The second-order valence-electron chi connectivity index (χ2n) is 5.55. The maximum absolute atomic E-state index is 10.7. The molecule has 3 N–H and O–H groups in total. The van der Waals surface area contributed by atoms with Gasteiger partial charge in [-0.2, -0.15) is 0 Å². The third kappa shape index (κ3) is 3.66. The quantitative estimate of drug-likeness (QED) is 0.630. The molecule has 2 rings (SSSR count). The standard InChI is InChI=1S/C15H20N4O2/c1-10(2)7-12(8-16)15-17-9-14(18-15)11-3-5-13(6-4-11)19(20)21/h3-6,9-10,12H,7-8,16H2,1-2H3,(H,17,18). The minimum Gasteiger partial charge on any atom is -0.342 e. The van der Waals surface area contributed by atoms with E-state index in [1.807, 2.05) is 0 Å². The minimum atomic E-state index is -0.407. The fraction of sp³-hybridized carbons (Fsp3) is 0.400. The van der Waals surface area contributed by atoms with Gasteiger partial charge in [0, 0.05) is 30.2 Å². The number of hydrogen-bond donors (Lipinski definition) is 2. The summed E-state index contributed by atoms with van der Waals surface area (Å²) in [7, 11) is 0. The molecule has 0 amide bonds. The maximum Gasteiger partial charge on any atom is 0.269 e. The van der Waals surface area contributed by atoms with Crippen molar-refractivity contribution in [2.24, 2.45) is 11.7 Å². The lowest BCUT2D eigenvalue weighted by molar-refractivity contribution is -0.384. The maximum atomic E-state index is 10.7. The molecular weight excluding hydrogens is 268 g/mol. The van der Waals surface area contributed by atoms with Crippen LogP contribution in [0.15, 0.2) is 30.5 Å². The van der Waals surface area contributed by atoms with Crippen molar-refractivity contribution >= 4 is 5.69 Å². The zero-order valence-electron chi connectivity index (χ0n) is 12.2. The van der Waals surface area contributed by atoms with Crippen LogP contribution in [0.1, 0.15) is 32.0 Å². The summed E-state index contributed by atoms with van der Waals surface area (Å²) in [5.74, 6) is 1.63. The van der Waals surface area contributed by atoms with Gasteiger partial charge in [0.2, 0.25) is 0 Å². The summed E-state index contributed by atoms with van der Waals surface area (Å²) in [5.41, 5.74) is 7.62. The highest BCUT2D eigenvalue weighted by molar-refractivity contribution is 5.60. The number of nitrogens with one attached hydrogen (secondary N) is 1. The molecular formula is C15H20N4O2. The Bertz CT molecular complexity index is 604. The number of hydrogen-bond acceptors (Lipinski definition) is 4. The zero-order chi connectivity index (χ0) is 15.4. The molecule has 0 radical (unpaired) electrons. The summed E-state index contributed by atoms with van der Waals surface area (Å²) in [6, 6.07) is 6.42. The number of nitro benzene ring substituents is 1. The molecule has 1 aromatic carbocycles. The number of nitrogens with two attached hydrogens (primary N) is 1. The summed E-state index contributed by atoms with van der Waals surface area (Å²) in [6.45, 7) is 4.86. The monoisotopic (exact) mass is 288 g/mol. The van der Waals surface area contributed by atoms with E-state index in [1.54, 1.807) is 18.3 Å². The topological polar surface area (TPSA) is 97.8 Å². The van der Waals surface area contributed by atoms with E-state index in [2.05, 4.69) is 23.8 Å². The number of rotatable bonds is 6. The summed E-state index contributed by atoms with van der Waals surface area (Å²) in [4.78, 5) is 17.9. The van der Waals surface area contributed by atoms with Gasteiger partial charge in [-0.25, -0.2) is 4.98 Å². The van der Waals surface area contributed by atoms with Gasteiger partial charge >= 0.3 is 0 Å². The van der Waals surface area contributed by atoms with E-state index in [0.717, 1.165) is 23.5 Å². The van der Waals surface area contributed by atoms with Crippen LogP contribution in [-0.2, 0) is 0 Å². The zero-order valence-corrected chi connectivity index (χ0v) is 12.2. The van der Waals surface area contributed by atoms with E-state index in [-0.39, 0.29) is 11.6 Å². The highest BCUT2D eigenvalue weighted by Crippen LogP contribution is 2.25. The predicted octanol–water partition coefficient (Wildman–Crippen LogP) is 3.07. The number of benzene rings is 1. The Morgan fingerprint density at radius 2 is 2.00 bits per heavy atom. The van der Waals surface area contributed by atoms with Crippen molar-refractivity contribution in [2.75, 3.05) is 6.54 Å². The van der Waals surface area contributed by atoms with Crippen LogP contribution < -0.4 is 5.73 Å². The summed E-state index contributed by atoms with van der Waals surface area (Å²) in [5, 5.41) is 10.7. The van der Waals surface area contributed by atoms with Crippen LogP contribution in [0.4, 0.5) is 5.69 Å². The van der Waals surface area contributed by atoms with Crippen molar-refractivity contribution in [3.05, 3.63) is 46.4 Å². The lowest BCUT2D eigenvalue weighted by atomic mass is 9.97. The Kier molecular flexibility index (Phi) is 4.70. The molecule has 1 aromatic heterocycles. The number of imidazole rings is 1. The van der Waals surface area contributed by atoms with Crippen molar-refractivity contribution in [1.82, 2.24) is 9.97 Å². The molecule has 0 bridgehead atoms. The summed E-state index contributed by atoms with van der Waals surface area (Å²) < 4.78 is 0. The number of nitrogens with zero attached hydrogens (tertiary/aromatic N) is 2. The Hall–Kier alpha value is -2.21. The third-order valence-corrected chi connectivity index (χ3v) is 3.41. The molecule has 1 heterocycles. The third-order valence-electron chi connectivity index (χ3n) is 3.41. The number of nitro groups is 1. The molecule has 6 nitrogen and oxygen atoms in total. The van der Waals surface area contributed by atoms with E-state index in [4.69, 9.17) is 5.73 Å². The van der Waals surface area contributed by atoms with Gasteiger partial charge in [0.15, 0.2) is 0 Å². The highest BCUT2D eigenvalue weighted by Gasteiger charge is 2.16.